The molecule has 2 heteroatoms. The summed E-state index contributed by atoms with van der Waals surface area (Å²) in [4.78, 5) is 0. The highest BCUT2D eigenvalue weighted by Gasteiger charge is 2.05. The van der Waals surface area contributed by atoms with Crippen molar-refractivity contribution in [1.82, 2.24) is 0 Å². The molecule has 1 aromatic carbocycles. The van der Waals surface area contributed by atoms with Gasteiger partial charge >= 0.3 is 0 Å². The minimum Gasteiger partial charge on any atom is -0.399 e. The molecule has 0 aromatic heterocycles. The molecule has 1 rings (SSSR count). The van der Waals surface area contributed by atoms with Gasteiger partial charge in [-0.2, -0.15) is 0 Å². The Morgan fingerprint density at radius 3 is 2.64 bits per heavy atom. The zero-order chi connectivity index (χ0) is 10.6. The number of hydrogen-bond acceptors (Lipinski definition) is 2. The van der Waals surface area contributed by atoms with E-state index in [1.807, 2.05) is 19.1 Å². The van der Waals surface area contributed by atoms with Crippen LogP contribution in [0.3, 0.4) is 0 Å². The van der Waals surface area contributed by atoms with E-state index in [0.717, 1.165) is 23.2 Å². The minimum atomic E-state index is 0.137. The number of unbranched alkanes of at least 4 members (excludes halogenated alkanes) is 1. The number of nitrogens with two attached hydrogens (primary N) is 2. The van der Waals surface area contributed by atoms with Crippen molar-refractivity contribution in [3.05, 3.63) is 29.3 Å². The van der Waals surface area contributed by atoms with Crippen molar-refractivity contribution in [2.75, 3.05) is 5.73 Å². The van der Waals surface area contributed by atoms with Crippen molar-refractivity contribution in [3.8, 4) is 0 Å². The van der Waals surface area contributed by atoms with Gasteiger partial charge < -0.3 is 11.5 Å². The second kappa shape index (κ2) is 5.01. The van der Waals surface area contributed by atoms with Gasteiger partial charge in [0.15, 0.2) is 0 Å². The van der Waals surface area contributed by atoms with Crippen LogP contribution in [0, 0.1) is 6.92 Å². The topological polar surface area (TPSA) is 52.0 Å². The van der Waals surface area contributed by atoms with Crippen LogP contribution in [0.5, 0.6) is 0 Å². The van der Waals surface area contributed by atoms with Crippen molar-refractivity contribution in [2.45, 2.75) is 39.2 Å². The van der Waals surface area contributed by atoms with Crippen LogP contribution in [0.15, 0.2) is 18.2 Å². The Balaban J connectivity index is 2.70. The highest BCUT2D eigenvalue weighted by Crippen LogP contribution is 2.21. The summed E-state index contributed by atoms with van der Waals surface area (Å²) in [6.45, 7) is 4.19. The molecule has 0 bridgehead atoms. The average Bonchev–Trinajstić information content (AvgIpc) is 2.18. The lowest BCUT2D eigenvalue weighted by molar-refractivity contribution is 0.603. The Hall–Kier alpha value is -1.02. The molecule has 0 fully saturated rings. The fourth-order valence-electron chi connectivity index (χ4n) is 1.48. The van der Waals surface area contributed by atoms with Crippen LogP contribution in [-0.4, -0.2) is 0 Å². The first-order valence-electron chi connectivity index (χ1n) is 5.26. The first kappa shape index (κ1) is 11.1. The molecule has 0 saturated carbocycles. The summed E-state index contributed by atoms with van der Waals surface area (Å²) < 4.78 is 0. The molecule has 0 radical (unpaired) electrons. The number of anilines is 1. The van der Waals surface area contributed by atoms with Crippen LogP contribution in [-0.2, 0) is 0 Å². The molecule has 2 nitrogen and oxygen atoms in total. The maximum atomic E-state index is 6.04. The third-order valence-electron chi connectivity index (χ3n) is 2.60. The third-order valence-corrected chi connectivity index (χ3v) is 2.60. The van der Waals surface area contributed by atoms with E-state index in [1.165, 1.54) is 12.8 Å². The SMILES string of the molecule is CCCCC(N)c1ccc(C)c(N)c1. The lowest BCUT2D eigenvalue weighted by Gasteiger charge is -2.12. The van der Waals surface area contributed by atoms with E-state index in [2.05, 4.69) is 13.0 Å². The van der Waals surface area contributed by atoms with Gasteiger partial charge in [-0.1, -0.05) is 31.9 Å². The first-order chi connectivity index (χ1) is 6.65. The number of aryl methyl sites for hydroxylation is 1. The van der Waals surface area contributed by atoms with E-state index >= 15 is 0 Å². The predicted octanol–water partition coefficient (Wildman–Crippen LogP) is 2.77. The highest BCUT2D eigenvalue weighted by atomic mass is 14.6. The standard InChI is InChI=1S/C12H20N2/c1-3-4-5-11(13)10-7-6-9(2)12(14)8-10/h6-8,11H,3-5,13-14H2,1-2H3. The van der Waals surface area contributed by atoms with Gasteiger partial charge in [0.25, 0.3) is 0 Å². The van der Waals surface area contributed by atoms with Gasteiger partial charge in [-0.25, -0.2) is 0 Å². The molecule has 0 spiro atoms. The van der Waals surface area contributed by atoms with Gasteiger partial charge in [-0.3, -0.25) is 0 Å². The minimum absolute atomic E-state index is 0.137. The zero-order valence-electron chi connectivity index (χ0n) is 9.09. The molecule has 4 N–H and O–H groups in total. The van der Waals surface area contributed by atoms with Crippen molar-refractivity contribution >= 4 is 5.69 Å². The maximum absolute atomic E-state index is 6.04. The Bertz CT molecular complexity index is 294. The fraction of sp³-hybridized carbons (Fsp3) is 0.500. The van der Waals surface area contributed by atoms with E-state index in [-0.39, 0.29) is 6.04 Å². The van der Waals surface area contributed by atoms with Crippen LogP contribution < -0.4 is 11.5 Å². The Morgan fingerprint density at radius 2 is 2.07 bits per heavy atom. The Labute approximate surface area is 86.3 Å². The van der Waals surface area contributed by atoms with Crippen LogP contribution in [0.1, 0.15) is 43.4 Å². The van der Waals surface area contributed by atoms with Crippen molar-refractivity contribution in [2.24, 2.45) is 5.73 Å². The predicted molar refractivity (Wildman–Crippen MR) is 62.0 cm³/mol. The number of benzene rings is 1. The van der Waals surface area contributed by atoms with Crippen molar-refractivity contribution in [1.29, 1.82) is 0 Å². The monoisotopic (exact) mass is 192 g/mol. The summed E-state index contributed by atoms with van der Waals surface area (Å²) >= 11 is 0. The van der Waals surface area contributed by atoms with Crippen molar-refractivity contribution < 1.29 is 0 Å². The molecule has 0 amide bonds. The maximum Gasteiger partial charge on any atom is 0.0347 e. The molecule has 0 aliphatic carbocycles. The molecular weight excluding hydrogens is 172 g/mol. The fourth-order valence-corrected chi connectivity index (χ4v) is 1.48. The summed E-state index contributed by atoms with van der Waals surface area (Å²) in [5.41, 5.74) is 15.0. The Morgan fingerprint density at radius 1 is 1.36 bits per heavy atom. The molecule has 0 saturated heterocycles. The van der Waals surface area contributed by atoms with Crippen LogP contribution in [0.25, 0.3) is 0 Å². The van der Waals surface area contributed by atoms with E-state index in [4.69, 9.17) is 11.5 Å². The molecule has 1 unspecified atom stereocenters. The molecule has 78 valence electrons. The second-order valence-corrected chi connectivity index (χ2v) is 3.86. The number of nitrogen functional groups attached to an aromatic ring is 1. The lowest BCUT2D eigenvalue weighted by atomic mass is 10.00. The second-order valence-electron chi connectivity index (χ2n) is 3.86. The molecule has 0 heterocycles. The zero-order valence-corrected chi connectivity index (χ0v) is 9.09. The lowest BCUT2D eigenvalue weighted by Crippen LogP contribution is -2.10. The summed E-state index contributed by atoms with van der Waals surface area (Å²) in [5.74, 6) is 0. The summed E-state index contributed by atoms with van der Waals surface area (Å²) in [6.07, 6.45) is 3.41. The van der Waals surface area contributed by atoms with Gasteiger partial charge in [-0.05, 0) is 30.5 Å². The van der Waals surface area contributed by atoms with Crippen molar-refractivity contribution in [3.63, 3.8) is 0 Å². The molecule has 1 atom stereocenters. The van der Waals surface area contributed by atoms with Gasteiger partial charge in [-0.15, -0.1) is 0 Å². The number of hydrogen-bond donors (Lipinski definition) is 2. The number of rotatable bonds is 4. The highest BCUT2D eigenvalue weighted by molar-refractivity contribution is 5.48. The van der Waals surface area contributed by atoms with Gasteiger partial charge in [0.05, 0.1) is 0 Å². The van der Waals surface area contributed by atoms with E-state index in [9.17, 15) is 0 Å². The first-order valence-corrected chi connectivity index (χ1v) is 5.26. The van der Waals surface area contributed by atoms with E-state index in [1.54, 1.807) is 0 Å². The summed E-state index contributed by atoms with van der Waals surface area (Å²) in [5, 5.41) is 0. The van der Waals surface area contributed by atoms with Gasteiger partial charge in [0.1, 0.15) is 0 Å². The molecule has 14 heavy (non-hydrogen) atoms. The molecule has 0 aliphatic heterocycles. The van der Waals surface area contributed by atoms with Crippen LogP contribution >= 0.6 is 0 Å². The quantitative estimate of drug-likeness (QED) is 0.721. The normalized spacial score (nSPS) is 12.8. The summed E-state index contributed by atoms with van der Waals surface area (Å²) in [6, 6.07) is 6.25. The van der Waals surface area contributed by atoms with Gasteiger partial charge in [0.2, 0.25) is 0 Å². The Kier molecular flexibility index (Phi) is 3.96. The summed E-state index contributed by atoms with van der Waals surface area (Å²) in [7, 11) is 0. The van der Waals surface area contributed by atoms with E-state index in [0.29, 0.717) is 0 Å². The van der Waals surface area contributed by atoms with Gasteiger partial charge in [0, 0.05) is 11.7 Å². The average molecular weight is 192 g/mol. The molecule has 1 aromatic rings. The smallest absolute Gasteiger partial charge is 0.0347 e. The molecule has 0 aliphatic rings. The van der Waals surface area contributed by atoms with Crippen LogP contribution in [0.2, 0.25) is 0 Å². The third kappa shape index (κ3) is 2.74. The van der Waals surface area contributed by atoms with E-state index < -0.39 is 0 Å². The largest absolute Gasteiger partial charge is 0.399 e. The van der Waals surface area contributed by atoms with Crippen LogP contribution in [0.4, 0.5) is 5.69 Å². The molecular formula is C12H20N2.